The van der Waals surface area contributed by atoms with Crippen LogP contribution in [0.4, 0.5) is 5.82 Å². The minimum absolute atomic E-state index is 0.150. The molecule has 2 rings (SSSR count). The Morgan fingerprint density at radius 3 is 3.00 bits per heavy atom. The summed E-state index contributed by atoms with van der Waals surface area (Å²) in [6.07, 6.45) is 2.11. The lowest BCUT2D eigenvalue weighted by Crippen LogP contribution is -2.29. The number of hydrogen-bond acceptors (Lipinski definition) is 5. The van der Waals surface area contributed by atoms with Gasteiger partial charge in [-0.15, -0.1) is 0 Å². The number of carbonyl (C=O) groups excluding carboxylic acids is 1. The highest BCUT2D eigenvalue weighted by Gasteiger charge is 2.31. The number of aliphatic hydroxyl groups is 1. The van der Waals surface area contributed by atoms with Crippen LogP contribution in [0.2, 0.25) is 0 Å². The predicted molar refractivity (Wildman–Crippen MR) is 61.2 cm³/mol. The van der Waals surface area contributed by atoms with Crippen molar-refractivity contribution in [3.05, 3.63) is 23.4 Å². The Kier molecular flexibility index (Phi) is 3.07. The Morgan fingerprint density at radius 2 is 2.47 bits per heavy atom. The molecule has 2 unspecified atom stereocenters. The van der Waals surface area contributed by atoms with E-state index in [1.165, 1.54) is 6.20 Å². The molecule has 0 aromatic carbocycles. The van der Waals surface area contributed by atoms with Crippen LogP contribution >= 0.6 is 0 Å². The van der Waals surface area contributed by atoms with Crippen molar-refractivity contribution in [1.82, 2.24) is 4.98 Å². The first kappa shape index (κ1) is 11.6. The summed E-state index contributed by atoms with van der Waals surface area (Å²) in [5.41, 5.74) is 1.34. The third kappa shape index (κ3) is 2.12. The summed E-state index contributed by atoms with van der Waals surface area (Å²) < 4.78 is 0. The minimum atomic E-state index is -0.676. The van der Waals surface area contributed by atoms with Crippen LogP contribution in [-0.2, 0) is 4.79 Å². The Morgan fingerprint density at radius 1 is 1.71 bits per heavy atom. The van der Waals surface area contributed by atoms with Gasteiger partial charge in [0, 0.05) is 25.1 Å². The number of anilines is 1. The fourth-order valence-electron chi connectivity index (χ4n) is 2.01. The summed E-state index contributed by atoms with van der Waals surface area (Å²) in [5, 5.41) is 18.6. The van der Waals surface area contributed by atoms with Gasteiger partial charge in [0.2, 0.25) is 0 Å². The maximum Gasteiger partial charge on any atom is 0.130 e. The topological polar surface area (TPSA) is 77.2 Å². The zero-order chi connectivity index (χ0) is 12.4. The standard InChI is InChI=1S/C12H13N3O2/c1-8-2-11(14-5-10(8)4-13)15-6-9(7-16)3-12(15)17/h2,5,7,9,12,17H,3,6H2,1H3. The molecule has 5 heteroatoms. The summed E-state index contributed by atoms with van der Waals surface area (Å²) in [5.74, 6) is 0.459. The zero-order valence-electron chi connectivity index (χ0n) is 9.50. The Hall–Kier alpha value is -1.93. The molecule has 1 aromatic heterocycles. The molecule has 0 amide bonds. The Labute approximate surface area is 99.3 Å². The van der Waals surface area contributed by atoms with E-state index in [1.54, 1.807) is 11.0 Å². The molecule has 88 valence electrons. The number of aliphatic hydroxyl groups excluding tert-OH is 1. The predicted octanol–water partition coefficient (Wildman–Crippen LogP) is 0.605. The SMILES string of the molecule is Cc1cc(N2CC(C=O)CC2O)ncc1C#N. The second-order valence-corrected chi connectivity index (χ2v) is 4.23. The second-order valence-electron chi connectivity index (χ2n) is 4.23. The van der Waals surface area contributed by atoms with Crippen molar-refractivity contribution < 1.29 is 9.90 Å². The second kappa shape index (κ2) is 4.52. The van der Waals surface area contributed by atoms with Gasteiger partial charge in [-0.2, -0.15) is 5.26 Å². The van der Waals surface area contributed by atoms with Crippen LogP contribution in [0, 0.1) is 24.2 Å². The molecule has 1 N–H and O–H groups in total. The largest absolute Gasteiger partial charge is 0.374 e. The third-order valence-electron chi connectivity index (χ3n) is 3.01. The summed E-state index contributed by atoms with van der Waals surface area (Å²) in [7, 11) is 0. The van der Waals surface area contributed by atoms with Crippen molar-refractivity contribution in [3.8, 4) is 6.07 Å². The van der Waals surface area contributed by atoms with Crippen LogP contribution < -0.4 is 4.90 Å². The van der Waals surface area contributed by atoms with E-state index < -0.39 is 6.23 Å². The van der Waals surface area contributed by atoms with Crippen LogP contribution in [0.3, 0.4) is 0 Å². The van der Waals surface area contributed by atoms with Crippen molar-refractivity contribution in [2.24, 2.45) is 5.92 Å². The van der Waals surface area contributed by atoms with Crippen LogP contribution in [0.25, 0.3) is 0 Å². The highest BCUT2D eigenvalue weighted by molar-refractivity contribution is 5.58. The smallest absolute Gasteiger partial charge is 0.130 e. The molecule has 2 atom stereocenters. The van der Waals surface area contributed by atoms with E-state index in [-0.39, 0.29) is 5.92 Å². The molecule has 1 aliphatic rings. The highest BCUT2D eigenvalue weighted by atomic mass is 16.3. The molecule has 0 aliphatic carbocycles. The lowest BCUT2D eigenvalue weighted by atomic mass is 10.1. The maximum absolute atomic E-state index is 10.7. The molecule has 0 bridgehead atoms. The summed E-state index contributed by atoms with van der Waals surface area (Å²) in [4.78, 5) is 16.5. The normalized spacial score (nSPS) is 23.5. The molecular formula is C12H13N3O2. The number of pyridine rings is 1. The van der Waals surface area contributed by atoms with E-state index in [9.17, 15) is 9.90 Å². The molecule has 1 aliphatic heterocycles. The van der Waals surface area contributed by atoms with Crippen molar-refractivity contribution in [2.75, 3.05) is 11.4 Å². The number of aryl methyl sites for hydroxylation is 1. The van der Waals surface area contributed by atoms with Gasteiger partial charge in [0.05, 0.1) is 5.56 Å². The minimum Gasteiger partial charge on any atom is -0.374 e. The molecule has 0 spiro atoms. The molecule has 1 saturated heterocycles. The van der Waals surface area contributed by atoms with Crippen LogP contribution in [-0.4, -0.2) is 29.1 Å². The number of nitriles is 1. The van der Waals surface area contributed by atoms with Crippen molar-refractivity contribution in [1.29, 1.82) is 5.26 Å². The van der Waals surface area contributed by atoms with Crippen molar-refractivity contribution in [2.45, 2.75) is 19.6 Å². The van der Waals surface area contributed by atoms with Gasteiger partial charge in [0.1, 0.15) is 24.4 Å². The van der Waals surface area contributed by atoms with E-state index in [1.807, 2.05) is 13.0 Å². The summed E-state index contributed by atoms with van der Waals surface area (Å²) in [6, 6.07) is 3.80. The average Bonchev–Trinajstić information content (AvgIpc) is 2.70. The summed E-state index contributed by atoms with van der Waals surface area (Å²) >= 11 is 0. The molecule has 0 radical (unpaired) electrons. The Bertz CT molecular complexity index is 481. The van der Waals surface area contributed by atoms with Crippen molar-refractivity contribution in [3.63, 3.8) is 0 Å². The molecule has 1 fully saturated rings. The van der Waals surface area contributed by atoms with Gasteiger partial charge in [-0.1, -0.05) is 0 Å². The molecule has 0 saturated carbocycles. The Balaban J connectivity index is 2.27. The fourth-order valence-corrected chi connectivity index (χ4v) is 2.01. The van der Waals surface area contributed by atoms with Crippen LogP contribution in [0.15, 0.2) is 12.3 Å². The van der Waals surface area contributed by atoms with Gasteiger partial charge < -0.3 is 14.8 Å². The molecule has 1 aromatic rings. The van der Waals surface area contributed by atoms with Crippen LogP contribution in [0.1, 0.15) is 17.5 Å². The zero-order valence-corrected chi connectivity index (χ0v) is 9.50. The highest BCUT2D eigenvalue weighted by Crippen LogP contribution is 2.26. The number of nitrogens with zero attached hydrogens (tertiary/aromatic N) is 3. The fraction of sp³-hybridized carbons (Fsp3) is 0.417. The number of carbonyl (C=O) groups is 1. The van der Waals surface area contributed by atoms with Gasteiger partial charge in [-0.05, 0) is 18.6 Å². The van der Waals surface area contributed by atoms with Gasteiger partial charge in [0.25, 0.3) is 0 Å². The first-order chi connectivity index (χ1) is 8.15. The van der Waals surface area contributed by atoms with E-state index in [0.717, 1.165) is 11.8 Å². The monoisotopic (exact) mass is 231 g/mol. The maximum atomic E-state index is 10.7. The van der Waals surface area contributed by atoms with E-state index in [2.05, 4.69) is 4.98 Å². The molecule has 17 heavy (non-hydrogen) atoms. The van der Waals surface area contributed by atoms with E-state index in [0.29, 0.717) is 24.3 Å². The molecule has 5 nitrogen and oxygen atoms in total. The number of rotatable bonds is 2. The number of aromatic nitrogens is 1. The van der Waals surface area contributed by atoms with Gasteiger partial charge in [-0.25, -0.2) is 4.98 Å². The average molecular weight is 231 g/mol. The van der Waals surface area contributed by atoms with Crippen molar-refractivity contribution >= 4 is 12.1 Å². The third-order valence-corrected chi connectivity index (χ3v) is 3.01. The number of aldehydes is 1. The number of hydrogen-bond donors (Lipinski definition) is 1. The first-order valence-corrected chi connectivity index (χ1v) is 5.42. The summed E-state index contributed by atoms with van der Waals surface area (Å²) in [6.45, 7) is 2.30. The van der Waals surface area contributed by atoms with E-state index in [4.69, 9.17) is 5.26 Å². The van der Waals surface area contributed by atoms with Gasteiger partial charge >= 0.3 is 0 Å². The lowest BCUT2D eigenvalue weighted by molar-refractivity contribution is -0.110. The first-order valence-electron chi connectivity index (χ1n) is 5.42. The molecule has 2 heterocycles. The van der Waals surface area contributed by atoms with E-state index >= 15 is 0 Å². The van der Waals surface area contributed by atoms with Gasteiger partial charge in [0.15, 0.2) is 0 Å². The quantitative estimate of drug-likeness (QED) is 0.754. The van der Waals surface area contributed by atoms with Crippen LogP contribution in [0.5, 0.6) is 0 Å². The van der Waals surface area contributed by atoms with Gasteiger partial charge in [-0.3, -0.25) is 0 Å². The molecular weight excluding hydrogens is 218 g/mol. The lowest BCUT2D eigenvalue weighted by Gasteiger charge is -2.21.